The summed E-state index contributed by atoms with van der Waals surface area (Å²) >= 11 is 0. The minimum absolute atomic E-state index is 0.0423. The van der Waals surface area contributed by atoms with Gasteiger partial charge in [-0.2, -0.15) is 0 Å². The third-order valence-corrected chi connectivity index (χ3v) is 2.68. The Kier molecular flexibility index (Phi) is 4.76. The van der Waals surface area contributed by atoms with Crippen molar-refractivity contribution in [2.24, 2.45) is 0 Å². The topological polar surface area (TPSA) is 46.5 Å². The lowest BCUT2D eigenvalue weighted by atomic mass is 9.96. The van der Waals surface area contributed by atoms with E-state index in [1.807, 2.05) is 32.0 Å². The lowest BCUT2D eigenvalue weighted by molar-refractivity contribution is -0.135. The predicted octanol–water partition coefficient (Wildman–Crippen LogP) is 3.27. The maximum Gasteiger partial charge on any atom is 0.307 e. The van der Waals surface area contributed by atoms with Crippen LogP contribution in [0.2, 0.25) is 0 Å². The van der Waals surface area contributed by atoms with Crippen LogP contribution in [0.3, 0.4) is 0 Å². The molecule has 3 nitrogen and oxygen atoms in total. The number of aryl methyl sites for hydroxylation is 1. The molecule has 0 aromatic heterocycles. The molecule has 0 aliphatic carbocycles. The van der Waals surface area contributed by atoms with Gasteiger partial charge in [0.1, 0.15) is 5.75 Å². The number of methoxy groups -OCH3 is 1. The van der Waals surface area contributed by atoms with Gasteiger partial charge in [-0.3, -0.25) is 4.79 Å². The highest BCUT2D eigenvalue weighted by atomic mass is 16.5. The zero-order valence-electron chi connectivity index (χ0n) is 10.5. The maximum absolute atomic E-state index is 10.6. The van der Waals surface area contributed by atoms with Crippen molar-refractivity contribution < 1.29 is 14.6 Å². The number of carboxylic acid groups (broad SMARTS) is 1. The first-order valence-corrected chi connectivity index (χ1v) is 5.65. The Balaban J connectivity index is 3.19. The molecule has 3 heteroatoms. The summed E-state index contributed by atoms with van der Waals surface area (Å²) in [6, 6.07) is 5.83. The zero-order valence-corrected chi connectivity index (χ0v) is 10.5. The molecule has 0 radical (unpaired) electrons. The van der Waals surface area contributed by atoms with Gasteiger partial charge in [-0.15, -0.1) is 0 Å². The quantitative estimate of drug-likeness (QED) is 0.850. The third-order valence-electron chi connectivity index (χ3n) is 2.68. The van der Waals surface area contributed by atoms with Gasteiger partial charge in [-0.1, -0.05) is 25.1 Å². The van der Waals surface area contributed by atoms with Crippen molar-refractivity contribution in [1.82, 2.24) is 0 Å². The molecule has 1 aromatic carbocycles. The molecule has 17 heavy (non-hydrogen) atoms. The number of benzene rings is 1. The summed E-state index contributed by atoms with van der Waals surface area (Å²) in [6.45, 7) is 4.02. The first kappa shape index (κ1) is 13.3. The van der Waals surface area contributed by atoms with Crippen molar-refractivity contribution in [2.75, 3.05) is 7.11 Å². The van der Waals surface area contributed by atoms with Gasteiger partial charge in [-0.25, -0.2) is 0 Å². The van der Waals surface area contributed by atoms with E-state index in [0.29, 0.717) is 0 Å². The second-order valence-corrected chi connectivity index (χ2v) is 3.83. The smallest absolute Gasteiger partial charge is 0.307 e. The molecule has 1 rings (SSSR count). The lowest BCUT2D eigenvalue weighted by Gasteiger charge is -2.13. The highest BCUT2D eigenvalue weighted by molar-refractivity contribution is 5.77. The molecule has 0 heterocycles. The molecule has 1 aromatic rings. The van der Waals surface area contributed by atoms with Gasteiger partial charge in [0.25, 0.3) is 0 Å². The van der Waals surface area contributed by atoms with Crippen LogP contribution in [0.4, 0.5) is 0 Å². The number of carbonyl (C=O) groups is 1. The fourth-order valence-electron chi connectivity index (χ4n) is 1.86. The molecule has 0 aliphatic rings. The van der Waals surface area contributed by atoms with Gasteiger partial charge >= 0.3 is 5.97 Å². The standard InChI is InChI=1S/C14H18O3/c1-4-11(8-9-13(15)16)14-10(2)6-5-7-12(14)17-3/h5-8H,4,9H2,1-3H3,(H,15,16)/b11-8+. The van der Waals surface area contributed by atoms with Gasteiger partial charge in [0, 0.05) is 5.56 Å². The van der Waals surface area contributed by atoms with Crippen LogP contribution in [0.5, 0.6) is 5.75 Å². The van der Waals surface area contributed by atoms with Crippen LogP contribution >= 0.6 is 0 Å². The van der Waals surface area contributed by atoms with E-state index in [9.17, 15) is 4.79 Å². The van der Waals surface area contributed by atoms with Gasteiger partial charge in [0.2, 0.25) is 0 Å². The van der Waals surface area contributed by atoms with E-state index in [1.54, 1.807) is 13.2 Å². The van der Waals surface area contributed by atoms with E-state index in [0.717, 1.165) is 28.9 Å². The second-order valence-electron chi connectivity index (χ2n) is 3.83. The van der Waals surface area contributed by atoms with Crippen LogP contribution < -0.4 is 4.74 Å². The Hall–Kier alpha value is -1.77. The minimum atomic E-state index is -0.816. The number of carboxylic acids is 1. The molecule has 0 spiro atoms. The molecular formula is C14H18O3. The van der Waals surface area contributed by atoms with Crippen molar-refractivity contribution in [1.29, 1.82) is 0 Å². The molecule has 0 saturated heterocycles. The fourth-order valence-corrected chi connectivity index (χ4v) is 1.86. The molecule has 0 unspecified atom stereocenters. The molecular weight excluding hydrogens is 216 g/mol. The minimum Gasteiger partial charge on any atom is -0.496 e. The fraction of sp³-hybridized carbons (Fsp3) is 0.357. The van der Waals surface area contributed by atoms with Crippen LogP contribution in [0, 0.1) is 6.92 Å². The number of rotatable bonds is 5. The first-order valence-electron chi connectivity index (χ1n) is 5.65. The van der Waals surface area contributed by atoms with Crippen molar-refractivity contribution in [3.05, 3.63) is 35.4 Å². The van der Waals surface area contributed by atoms with Crippen LogP contribution in [0.25, 0.3) is 5.57 Å². The highest BCUT2D eigenvalue weighted by Crippen LogP contribution is 2.31. The summed E-state index contributed by atoms with van der Waals surface area (Å²) in [5, 5.41) is 8.72. The van der Waals surface area contributed by atoms with E-state index < -0.39 is 5.97 Å². The van der Waals surface area contributed by atoms with Crippen molar-refractivity contribution >= 4 is 11.5 Å². The van der Waals surface area contributed by atoms with E-state index in [2.05, 4.69) is 0 Å². The molecule has 0 amide bonds. The molecule has 0 bridgehead atoms. The van der Waals surface area contributed by atoms with Crippen LogP contribution in [-0.4, -0.2) is 18.2 Å². The largest absolute Gasteiger partial charge is 0.496 e. The van der Waals surface area contributed by atoms with Crippen molar-refractivity contribution in [2.45, 2.75) is 26.7 Å². The molecule has 0 saturated carbocycles. The summed E-state index contributed by atoms with van der Waals surface area (Å²) < 4.78 is 5.33. The van der Waals surface area contributed by atoms with Gasteiger partial charge in [0.05, 0.1) is 13.5 Å². The summed E-state index contributed by atoms with van der Waals surface area (Å²) in [6.07, 6.45) is 2.59. The third kappa shape index (κ3) is 3.34. The average Bonchev–Trinajstić information content (AvgIpc) is 2.31. The monoisotopic (exact) mass is 234 g/mol. The van der Waals surface area contributed by atoms with E-state index in [4.69, 9.17) is 9.84 Å². The normalized spacial score (nSPS) is 11.4. The number of aliphatic carboxylic acids is 1. The average molecular weight is 234 g/mol. The highest BCUT2D eigenvalue weighted by Gasteiger charge is 2.10. The molecule has 0 fully saturated rings. The van der Waals surface area contributed by atoms with Gasteiger partial charge in [0.15, 0.2) is 0 Å². The van der Waals surface area contributed by atoms with Gasteiger partial charge < -0.3 is 9.84 Å². The lowest BCUT2D eigenvalue weighted by Crippen LogP contribution is -1.97. The number of allylic oxidation sites excluding steroid dienone is 1. The van der Waals surface area contributed by atoms with Crippen molar-refractivity contribution in [3.63, 3.8) is 0 Å². The summed E-state index contributed by atoms with van der Waals surface area (Å²) in [5.74, 6) is -0.0213. The Morgan fingerprint density at radius 2 is 2.18 bits per heavy atom. The van der Waals surface area contributed by atoms with Crippen LogP contribution in [0.15, 0.2) is 24.3 Å². The Bertz CT molecular complexity index is 433. The molecule has 92 valence electrons. The Labute approximate surface area is 102 Å². The number of ether oxygens (including phenoxy) is 1. The summed E-state index contributed by atoms with van der Waals surface area (Å²) in [5.41, 5.74) is 3.13. The summed E-state index contributed by atoms with van der Waals surface area (Å²) in [4.78, 5) is 10.6. The summed E-state index contributed by atoms with van der Waals surface area (Å²) in [7, 11) is 1.63. The molecule has 0 atom stereocenters. The Morgan fingerprint density at radius 3 is 2.71 bits per heavy atom. The first-order chi connectivity index (χ1) is 8.10. The second kappa shape index (κ2) is 6.09. The van der Waals surface area contributed by atoms with Crippen LogP contribution in [-0.2, 0) is 4.79 Å². The van der Waals surface area contributed by atoms with Crippen molar-refractivity contribution in [3.8, 4) is 5.75 Å². The zero-order chi connectivity index (χ0) is 12.8. The van der Waals surface area contributed by atoms with E-state index in [1.165, 1.54) is 0 Å². The maximum atomic E-state index is 10.6. The number of hydrogen-bond acceptors (Lipinski definition) is 2. The predicted molar refractivity (Wildman–Crippen MR) is 68.3 cm³/mol. The van der Waals surface area contributed by atoms with E-state index in [-0.39, 0.29) is 6.42 Å². The Morgan fingerprint density at radius 1 is 1.47 bits per heavy atom. The number of hydrogen-bond donors (Lipinski definition) is 1. The van der Waals surface area contributed by atoms with Crippen LogP contribution in [0.1, 0.15) is 30.9 Å². The molecule has 0 aliphatic heterocycles. The molecule has 1 N–H and O–H groups in total. The SMILES string of the molecule is CC/C(=C\CC(=O)O)c1c(C)cccc1OC. The van der Waals surface area contributed by atoms with Gasteiger partial charge in [-0.05, 0) is 30.5 Å². The van der Waals surface area contributed by atoms with E-state index >= 15 is 0 Å².